The monoisotopic (exact) mass is 296 g/mol. The van der Waals surface area contributed by atoms with Crippen molar-refractivity contribution in [3.8, 4) is 6.07 Å². The SMILES string of the molecule is N#CC(c1cccc(Cl)n1)c1ccc(Cl)cc1Cl. The minimum Gasteiger partial charge on any atom is -0.239 e. The smallest absolute Gasteiger partial charge is 0.129 e. The van der Waals surface area contributed by atoms with Crippen molar-refractivity contribution in [3.63, 3.8) is 0 Å². The maximum atomic E-state index is 9.29. The first-order chi connectivity index (χ1) is 8.61. The summed E-state index contributed by atoms with van der Waals surface area (Å²) in [5.74, 6) is -0.562. The largest absolute Gasteiger partial charge is 0.239 e. The first kappa shape index (κ1) is 13.2. The predicted octanol–water partition coefficient (Wildman–Crippen LogP) is 4.70. The first-order valence-electron chi connectivity index (χ1n) is 5.09. The average Bonchev–Trinajstić information content (AvgIpc) is 2.33. The third kappa shape index (κ3) is 2.76. The summed E-state index contributed by atoms with van der Waals surface area (Å²) >= 11 is 17.8. The van der Waals surface area contributed by atoms with Gasteiger partial charge >= 0.3 is 0 Å². The Morgan fingerprint density at radius 1 is 1.11 bits per heavy atom. The summed E-state index contributed by atoms with van der Waals surface area (Å²) in [4.78, 5) is 4.14. The van der Waals surface area contributed by atoms with Gasteiger partial charge in [-0.2, -0.15) is 5.26 Å². The molecule has 0 aliphatic carbocycles. The number of aromatic nitrogens is 1. The molecule has 0 saturated heterocycles. The van der Waals surface area contributed by atoms with E-state index in [1.807, 2.05) is 0 Å². The van der Waals surface area contributed by atoms with Gasteiger partial charge in [0, 0.05) is 10.0 Å². The zero-order chi connectivity index (χ0) is 13.1. The van der Waals surface area contributed by atoms with E-state index in [0.717, 1.165) is 0 Å². The van der Waals surface area contributed by atoms with Gasteiger partial charge < -0.3 is 0 Å². The highest BCUT2D eigenvalue weighted by Gasteiger charge is 2.18. The zero-order valence-corrected chi connectivity index (χ0v) is 11.3. The number of rotatable bonds is 2. The Kier molecular flexibility index (Phi) is 4.08. The number of pyridine rings is 1. The highest BCUT2D eigenvalue weighted by Crippen LogP contribution is 2.31. The summed E-state index contributed by atoms with van der Waals surface area (Å²) in [5, 5.41) is 10.6. The van der Waals surface area contributed by atoms with E-state index in [-0.39, 0.29) is 0 Å². The lowest BCUT2D eigenvalue weighted by Crippen LogP contribution is -2.01. The van der Waals surface area contributed by atoms with Gasteiger partial charge in [-0.3, -0.25) is 0 Å². The van der Waals surface area contributed by atoms with Gasteiger partial charge in [0.1, 0.15) is 11.1 Å². The molecule has 5 heteroatoms. The van der Waals surface area contributed by atoms with E-state index in [2.05, 4.69) is 11.1 Å². The van der Waals surface area contributed by atoms with E-state index in [1.54, 1.807) is 36.4 Å². The molecule has 1 aromatic carbocycles. The first-order valence-corrected chi connectivity index (χ1v) is 6.22. The van der Waals surface area contributed by atoms with Crippen molar-refractivity contribution >= 4 is 34.8 Å². The number of halogens is 3. The van der Waals surface area contributed by atoms with Crippen LogP contribution in [0.1, 0.15) is 17.2 Å². The molecule has 0 saturated carbocycles. The highest BCUT2D eigenvalue weighted by atomic mass is 35.5. The van der Waals surface area contributed by atoms with Gasteiger partial charge in [0.15, 0.2) is 0 Å². The molecule has 2 rings (SSSR count). The van der Waals surface area contributed by atoms with Crippen LogP contribution in [-0.2, 0) is 0 Å². The molecule has 0 fully saturated rings. The number of nitrogens with zero attached hydrogens (tertiary/aromatic N) is 2. The lowest BCUT2D eigenvalue weighted by Gasteiger charge is -2.11. The van der Waals surface area contributed by atoms with E-state index in [1.165, 1.54) is 0 Å². The van der Waals surface area contributed by atoms with Crippen LogP contribution < -0.4 is 0 Å². The topological polar surface area (TPSA) is 36.7 Å². The third-order valence-corrected chi connectivity index (χ3v) is 3.21. The quantitative estimate of drug-likeness (QED) is 0.754. The van der Waals surface area contributed by atoms with Crippen LogP contribution >= 0.6 is 34.8 Å². The van der Waals surface area contributed by atoms with Gasteiger partial charge in [-0.25, -0.2) is 4.98 Å². The van der Waals surface area contributed by atoms with E-state index in [9.17, 15) is 5.26 Å². The van der Waals surface area contributed by atoms with Crippen molar-refractivity contribution < 1.29 is 0 Å². The van der Waals surface area contributed by atoms with Crippen LogP contribution in [0.25, 0.3) is 0 Å². The molecule has 2 nitrogen and oxygen atoms in total. The fraction of sp³-hybridized carbons (Fsp3) is 0.0769. The summed E-state index contributed by atoms with van der Waals surface area (Å²) in [5.41, 5.74) is 1.23. The maximum Gasteiger partial charge on any atom is 0.129 e. The average molecular weight is 298 g/mol. The Balaban J connectivity index is 2.49. The standard InChI is InChI=1S/C13H7Cl3N2/c14-8-4-5-9(11(15)6-8)10(7-17)12-2-1-3-13(16)18-12/h1-6,10H. The Labute approximate surface area is 120 Å². The van der Waals surface area contributed by atoms with E-state index in [4.69, 9.17) is 34.8 Å². The van der Waals surface area contributed by atoms with Crippen LogP contribution in [-0.4, -0.2) is 4.98 Å². The minimum absolute atomic E-state index is 0.345. The van der Waals surface area contributed by atoms with Gasteiger partial charge in [0.25, 0.3) is 0 Å². The number of nitriles is 1. The molecule has 90 valence electrons. The highest BCUT2D eigenvalue weighted by molar-refractivity contribution is 6.35. The fourth-order valence-electron chi connectivity index (χ4n) is 1.62. The van der Waals surface area contributed by atoms with Crippen molar-refractivity contribution in [2.75, 3.05) is 0 Å². The summed E-state index contributed by atoms with van der Waals surface area (Å²) in [6.07, 6.45) is 0. The fourth-order valence-corrected chi connectivity index (χ4v) is 2.30. The molecule has 2 aromatic rings. The van der Waals surface area contributed by atoms with E-state index in [0.29, 0.717) is 26.5 Å². The third-order valence-electron chi connectivity index (χ3n) is 2.44. The van der Waals surface area contributed by atoms with Gasteiger partial charge in [0.05, 0.1) is 11.8 Å². The van der Waals surface area contributed by atoms with E-state index >= 15 is 0 Å². The van der Waals surface area contributed by atoms with Crippen LogP contribution in [0, 0.1) is 11.3 Å². The number of hydrogen-bond acceptors (Lipinski definition) is 2. The van der Waals surface area contributed by atoms with Crippen molar-refractivity contribution in [1.82, 2.24) is 4.98 Å². The lowest BCUT2D eigenvalue weighted by molar-refractivity contribution is 0.966. The van der Waals surface area contributed by atoms with E-state index < -0.39 is 5.92 Å². The van der Waals surface area contributed by atoms with Crippen LogP contribution in [0.15, 0.2) is 36.4 Å². The van der Waals surface area contributed by atoms with Crippen molar-refractivity contribution in [2.45, 2.75) is 5.92 Å². The second-order valence-electron chi connectivity index (χ2n) is 3.61. The van der Waals surface area contributed by atoms with Crippen molar-refractivity contribution in [2.24, 2.45) is 0 Å². The predicted molar refractivity (Wildman–Crippen MR) is 73.2 cm³/mol. The summed E-state index contributed by atoms with van der Waals surface area (Å²) < 4.78 is 0. The molecule has 0 radical (unpaired) electrons. The summed E-state index contributed by atoms with van der Waals surface area (Å²) in [6.45, 7) is 0. The van der Waals surface area contributed by atoms with Crippen LogP contribution in [0.5, 0.6) is 0 Å². The molecule has 0 bridgehead atoms. The van der Waals surface area contributed by atoms with Crippen molar-refractivity contribution in [1.29, 1.82) is 5.26 Å². The Bertz CT molecular complexity index is 620. The zero-order valence-electron chi connectivity index (χ0n) is 9.07. The molecule has 0 amide bonds. The Morgan fingerprint density at radius 3 is 2.50 bits per heavy atom. The van der Waals surface area contributed by atoms with Crippen LogP contribution in [0.3, 0.4) is 0 Å². The second-order valence-corrected chi connectivity index (χ2v) is 4.84. The molecule has 1 unspecified atom stereocenters. The second kappa shape index (κ2) is 5.58. The molecule has 18 heavy (non-hydrogen) atoms. The molecule has 0 aliphatic heterocycles. The molecule has 0 N–H and O–H groups in total. The molecule has 0 aliphatic rings. The molecule has 1 aromatic heterocycles. The molecular weight excluding hydrogens is 291 g/mol. The van der Waals surface area contributed by atoms with Crippen molar-refractivity contribution in [3.05, 3.63) is 62.9 Å². The normalized spacial score (nSPS) is 11.9. The van der Waals surface area contributed by atoms with Crippen LogP contribution in [0.2, 0.25) is 15.2 Å². The van der Waals surface area contributed by atoms with Gasteiger partial charge in [0.2, 0.25) is 0 Å². The summed E-state index contributed by atoms with van der Waals surface area (Å²) in [7, 11) is 0. The van der Waals surface area contributed by atoms with Gasteiger partial charge in [-0.1, -0.05) is 46.9 Å². The number of benzene rings is 1. The number of hydrogen-bond donors (Lipinski definition) is 0. The molecular formula is C13H7Cl3N2. The van der Waals surface area contributed by atoms with Gasteiger partial charge in [-0.05, 0) is 29.8 Å². The summed E-state index contributed by atoms with van der Waals surface area (Å²) in [6, 6.07) is 12.3. The Morgan fingerprint density at radius 2 is 1.89 bits per heavy atom. The lowest BCUT2D eigenvalue weighted by atomic mass is 9.96. The molecule has 1 heterocycles. The Hall–Kier alpha value is -1.27. The van der Waals surface area contributed by atoms with Crippen LogP contribution in [0.4, 0.5) is 0 Å². The van der Waals surface area contributed by atoms with Gasteiger partial charge in [-0.15, -0.1) is 0 Å². The minimum atomic E-state index is -0.562. The maximum absolute atomic E-state index is 9.29. The molecule has 0 spiro atoms. The molecule has 1 atom stereocenters.